The molecule has 5 heteroatoms. The first kappa shape index (κ1) is 8.52. The van der Waals surface area contributed by atoms with Crippen LogP contribution in [0.5, 0.6) is 0 Å². The molecule has 0 aliphatic heterocycles. The van der Waals surface area contributed by atoms with Crippen molar-refractivity contribution >= 4 is 37.3 Å². The average Bonchev–Trinajstić information content (AvgIpc) is 2.44. The van der Waals surface area contributed by atoms with Gasteiger partial charge in [-0.3, -0.25) is 4.72 Å². The van der Waals surface area contributed by atoms with Gasteiger partial charge in [-0.2, -0.15) is 0 Å². The molecule has 1 aromatic carbocycles. The molecule has 0 saturated carbocycles. The van der Waals surface area contributed by atoms with Crippen LogP contribution >= 0.6 is 11.3 Å². The molecule has 3 nitrogen and oxygen atoms in total. The lowest BCUT2D eigenvalue weighted by Gasteiger charge is -1.87. The SMILES string of the molecule is O=[SH](=O)Nc1cc2ccccc2s1. The largest absolute Gasteiger partial charge is 0.277 e. The minimum absolute atomic E-state index is 0.664. The fourth-order valence-electron chi connectivity index (χ4n) is 1.13. The standard InChI is InChI=1S/C8H7NO2S2/c10-13(11)9-8-5-6-3-1-2-4-7(6)12-8/h1-5,13H,(H,9,10,11). The molecule has 0 saturated heterocycles. The first-order valence-electron chi connectivity index (χ1n) is 3.65. The van der Waals surface area contributed by atoms with E-state index in [1.165, 1.54) is 11.3 Å². The lowest BCUT2D eigenvalue weighted by molar-refractivity contribution is 0.619. The van der Waals surface area contributed by atoms with E-state index in [0.29, 0.717) is 5.00 Å². The monoisotopic (exact) mass is 213 g/mol. The Bertz CT molecular complexity index is 461. The van der Waals surface area contributed by atoms with Gasteiger partial charge in [-0.15, -0.1) is 11.3 Å². The zero-order chi connectivity index (χ0) is 9.26. The Kier molecular flexibility index (Phi) is 2.20. The van der Waals surface area contributed by atoms with Crippen molar-refractivity contribution in [3.63, 3.8) is 0 Å². The van der Waals surface area contributed by atoms with E-state index in [4.69, 9.17) is 0 Å². The molecule has 1 N–H and O–H groups in total. The molecule has 1 heterocycles. The normalized spacial score (nSPS) is 10.8. The number of benzene rings is 1. The van der Waals surface area contributed by atoms with Crippen LogP contribution in [0.1, 0.15) is 0 Å². The number of fused-ring (bicyclic) bond motifs is 1. The van der Waals surface area contributed by atoms with Gasteiger partial charge in [0.15, 0.2) is 0 Å². The Labute approximate surface area is 81.1 Å². The second kappa shape index (κ2) is 3.35. The molecule has 0 atom stereocenters. The van der Waals surface area contributed by atoms with Gasteiger partial charge in [0.1, 0.15) is 5.00 Å². The third-order valence-corrected chi connectivity index (χ3v) is 3.23. The molecule has 0 unspecified atom stereocenters. The Morgan fingerprint density at radius 3 is 2.69 bits per heavy atom. The molecular weight excluding hydrogens is 206 g/mol. The molecule has 13 heavy (non-hydrogen) atoms. The number of anilines is 1. The van der Waals surface area contributed by atoms with E-state index >= 15 is 0 Å². The van der Waals surface area contributed by atoms with E-state index in [2.05, 4.69) is 4.72 Å². The highest BCUT2D eigenvalue weighted by Crippen LogP contribution is 2.28. The highest BCUT2D eigenvalue weighted by Gasteiger charge is 1.99. The van der Waals surface area contributed by atoms with Crippen LogP contribution in [-0.4, -0.2) is 8.42 Å². The third-order valence-electron chi connectivity index (χ3n) is 1.63. The summed E-state index contributed by atoms with van der Waals surface area (Å²) in [5.74, 6) is 0. The second-order valence-electron chi connectivity index (χ2n) is 2.52. The first-order chi connectivity index (χ1) is 6.25. The van der Waals surface area contributed by atoms with Gasteiger partial charge in [0.25, 0.3) is 0 Å². The van der Waals surface area contributed by atoms with E-state index in [9.17, 15) is 8.42 Å². The number of thiol groups is 1. The van der Waals surface area contributed by atoms with Gasteiger partial charge in [-0.05, 0) is 17.5 Å². The molecule has 0 aliphatic carbocycles. The van der Waals surface area contributed by atoms with Crippen LogP contribution in [0.15, 0.2) is 30.3 Å². The number of thiophene rings is 1. The van der Waals surface area contributed by atoms with Crippen LogP contribution in [0.4, 0.5) is 5.00 Å². The molecular formula is C8H7NO2S2. The van der Waals surface area contributed by atoms with Crippen LogP contribution < -0.4 is 4.72 Å². The van der Waals surface area contributed by atoms with Crippen LogP contribution in [0.3, 0.4) is 0 Å². The Balaban J connectivity index is 2.49. The summed E-state index contributed by atoms with van der Waals surface area (Å²) in [6, 6.07) is 9.60. The van der Waals surface area contributed by atoms with Crippen molar-refractivity contribution in [1.29, 1.82) is 0 Å². The van der Waals surface area contributed by atoms with Crippen molar-refractivity contribution in [3.8, 4) is 0 Å². The van der Waals surface area contributed by atoms with Gasteiger partial charge in [-0.25, -0.2) is 8.42 Å². The van der Waals surface area contributed by atoms with Gasteiger partial charge >= 0.3 is 0 Å². The fraction of sp³-hybridized carbons (Fsp3) is 0. The van der Waals surface area contributed by atoms with Gasteiger partial charge in [-0.1, -0.05) is 18.2 Å². The van der Waals surface area contributed by atoms with E-state index in [1.807, 2.05) is 30.3 Å². The average molecular weight is 213 g/mol. The Morgan fingerprint density at radius 1 is 1.23 bits per heavy atom. The smallest absolute Gasteiger partial charge is 0.223 e. The van der Waals surface area contributed by atoms with Gasteiger partial charge < -0.3 is 0 Å². The fourth-order valence-corrected chi connectivity index (χ4v) is 2.59. The van der Waals surface area contributed by atoms with E-state index in [1.54, 1.807) is 0 Å². The number of nitrogens with one attached hydrogen (secondary N) is 1. The van der Waals surface area contributed by atoms with Crippen LogP contribution in [0, 0.1) is 0 Å². The molecule has 0 aliphatic rings. The predicted molar refractivity (Wildman–Crippen MR) is 55.8 cm³/mol. The van der Waals surface area contributed by atoms with Crippen LogP contribution in [0.25, 0.3) is 10.1 Å². The maximum absolute atomic E-state index is 10.4. The molecule has 1 aromatic heterocycles. The molecule has 0 radical (unpaired) electrons. The highest BCUT2D eigenvalue weighted by molar-refractivity contribution is 7.74. The number of rotatable bonds is 2. The highest BCUT2D eigenvalue weighted by atomic mass is 32.2. The minimum atomic E-state index is -2.55. The van der Waals surface area contributed by atoms with E-state index in [-0.39, 0.29) is 0 Å². The summed E-state index contributed by atoms with van der Waals surface area (Å²) in [5, 5.41) is 1.73. The summed E-state index contributed by atoms with van der Waals surface area (Å²) >= 11 is 1.43. The molecule has 2 rings (SSSR count). The third kappa shape index (κ3) is 1.81. The van der Waals surface area contributed by atoms with Gasteiger partial charge in [0, 0.05) is 4.70 Å². The molecule has 0 fully saturated rings. The molecule has 2 aromatic rings. The number of hydrogen-bond donors (Lipinski definition) is 2. The molecule has 68 valence electrons. The minimum Gasteiger partial charge on any atom is -0.277 e. The van der Waals surface area contributed by atoms with Crippen molar-refractivity contribution in [3.05, 3.63) is 30.3 Å². The van der Waals surface area contributed by atoms with E-state index < -0.39 is 10.9 Å². The molecule has 0 amide bonds. The summed E-state index contributed by atoms with van der Waals surface area (Å²) in [6.07, 6.45) is 0. The van der Waals surface area contributed by atoms with Crippen molar-refractivity contribution in [2.24, 2.45) is 0 Å². The van der Waals surface area contributed by atoms with Crippen molar-refractivity contribution in [2.45, 2.75) is 0 Å². The quantitative estimate of drug-likeness (QED) is 0.748. The summed E-state index contributed by atoms with van der Waals surface area (Å²) in [6.45, 7) is 0. The topological polar surface area (TPSA) is 46.2 Å². The van der Waals surface area contributed by atoms with E-state index in [0.717, 1.165) is 10.1 Å². The lowest BCUT2D eigenvalue weighted by atomic mass is 10.3. The van der Waals surface area contributed by atoms with Crippen LogP contribution in [0.2, 0.25) is 0 Å². The van der Waals surface area contributed by atoms with Crippen molar-refractivity contribution in [1.82, 2.24) is 0 Å². The first-order valence-corrected chi connectivity index (χ1v) is 5.65. The zero-order valence-corrected chi connectivity index (χ0v) is 8.27. The van der Waals surface area contributed by atoms with Crippen LogP contribution in [-0.2, 0) is 10.9 Å². The Hall–Kier alpha value is -1.07. The molecule has 0 spiro atoms. The lowest BCUT2D eigenvalue weighted by Crippen LogP contribution is -1.90. The van der Waals surface area contributed by atoms with Gasteiger partial charge in [0.2, 0.25) is 10.9 Å². The maximum Gasteiger partial charge on any atom is 0.223 e. The summed E-state index contributed by atoms with van der Waals surface area (Å²) in [7, 11) is -2.55. The summed E-state index contributed by atoms with van der Waals surface area (Å²) in [4.78, 5) is 0. The van der Waals surface area contributed by atoms with Crippen molar-refractivity contribution < 1.29 is 8.42 Å². The summed E-state index contributed by atoms with van der Waals surface area (Å²) < 4.78 is 24.2. The zero-order valence-electron chi connectivity index (χ0n) is 6.56. The molecule has 0 bridgehead atoms. The van der Waals surface area contributed by atoms with Gasteiger partial charge in [0.05, 0.1) is 0 Å². The number of hydrogen-bond acceptors (Lipinski definition) is 3. The van der Waals surface area contributed by atoms with Crippen molar-refractivity contribution in [2.75, 3.05) is 4.72 Å². The Morgan fingerprint density at radius 2 is 2.00 bits per heavy atom. The predicted octanol–water partition coefficient (Wildman–Crippen LogP) is 1.84. The maximum atomic E-state index is 10.4. The second-order valence-corrected chi connectivity index (χ2v) is 4.34. The summed E-state index contributed by atoms with van der Waals surface area (Å²) in [5.41, 5.74) is 0.